The Morgan fingerprint density at radius 2 is 1.80 bits per heavy atom. The van der Waals surface area contributed by atoms with Crippen molar-refractivity contribution in [1.29, 1.82) is 0 Å². The van der Waals surface area contributed by atoms with Crippen molar-refractivity contribution in [3.05, 3.63) is 45.0 Å². The normalized spacial score (nSPS) is 10.2. The molecule has 0 aliphatic rings. The first-order valence-electron chi connectivity index (χ1n) is 4.45. The average molecular weight is 251 g/mol. The lowest BCUT2D eigenvalue weighted by molar-refractivity contribution is 0.893. The van der Waals surface area contributed by atoms with Crippen molar-refractivity contribution in [3.8, 4) is 10.4 Å². The van der Waals surface area contributed by atoms with E-state index in [1.165, 1.54) is 5.56 Å². The Morgan fingerprint density at radius 1 is 1.13 bits per heavy atom. The summed E-state index contributed by atoms with van der Waals surface area (Å²) >= 11 is 12.1. The van der Waals surface area contributed by atoms with E-state index in [1.54, 1.807) is 11.3 Å². The van der Waals surface area contributed by atoms with Gasteiger partial charge in [-0.1, -0.05) is 42.5 Å². The maximum Gasteiger partial charge on any atom is 0.162 e. The maximum atomic E-state index is 5.24. The highest BCUT2D eigenvalue weighted by Gasteiger charge is 1.99. The van der Waals surface area contributed by atoms with E-state index >= 15 is 0 Å². The standard InChI is InChI=1S/C11H9NS3/c1-12-10(13)7-9(15-11(12)14)8-5-3-2-4-6-8/h2-7H,1H3. The monoisotopic (exact) mass is 251 g/mol. The molecule has 0 spiro atoms. The van der Waals surface area contributed by atoms with Gasteiger partial charge in [0.15, 0.2) is 3.95 Å². The second-order valence-corrected chi connectivity index (χ2v) is 5.23. The lowest BCUT2D eigenvalue weighted by Gasteiger charge is -2.03. The van der Waals surface area contributed by atoms with Crippen LogP contribution in [-0.2, 0) is 7.05 Å². The van der Waals surface area contributed by atoms with Crippen LogP contribution < -0.4 is 0 Å². The summed E-state index contributed by atoms with van der Waals surface area (Å²) in [7, 11) is 1.90. The molecule has 4 heteroatoms. The van der Waals surface area contributed by atoms with Crippen molar-refractivity contribution < 1.29 is 0 Å². The SMILES string of the molecule is Cn1c(=S)cc(-c2ccccc2)sc1=S. The van der Waals surface area contributed by atoms with Gasteiger partial charge in [0.2, 0.25) is 0 Å². The molecule has 0 amide bonds. The molecule has 1 heterocycles. The lowest BCUT2D eigenvalue weighted by Crippen LogP contribution is -1.91. The molecule has 1 aromatic carbocycles. The van der Waals surface area contributed by atoms with Crippen LogP contribution >= 0.6 is 35.8 Å². The molecular weight excluding hydrogens is 242 g/mol. The fraction of sp³-hybridized carbons (Fsp3) is 0.0909. The van der Waals surface area contributed by atoms with Crippen LogP contribution in [0.3, 0.4) is 0 Å². The maximum absolute atomic E-state index is 5.24. The Hall–Kier alpha value is -0.840. The van der Waals surface area contributed by atoms with E-state index < -0.39 is 0 Å². The summed E-state index contributed by atoms with van der Waals surface area (Å²) in [4.78, 5) is 1.13. The zero-order valence-electron chi connectivity index (χ0n) is 8.14. The molecule has 0 radical (unpaired) electrons. The minimum atomic E-state index is 0.776. The summed E-state index contributed by atoms with van der Waals surface area (Å²) in [5.41, 5.74) is 1.17. The molecular formula is C11H9NS3. The van der Waals surface area contributed by atoms with Gasteiger partial charge < -0.3 is 4.57 Å². The van der Waals surface area contributed by atoms with E-state index in [-0.39, 0.29) is 0 Å². The molecule has 0 aliphatic carbocycles. The van der Waals surface area contributed by atoms with Crippen LogP contribution in [0.15, 0.2) is 36.4 Å². The molecule has 0 atom stereocenters. The lowest BCUT2D eigenvalue weighted by atomic mass is 10.2. The zero-order valence-corrected chi connectivity index (χ0v) is 10.6. The Morgan fingerprint density at radius 3 is 2.40 bits per heavy atom. The summed E-state index contributed by atoms with van der Waals surface area (Å²) in [5.74, 6) is 0. The molecule has 15 heavy (non-hydrogen) atoms. The number of aromatic nitrogens is 1. The Bertz CT molecular complexity index is 550. The third kappa shape index (κ3) is 2.22. The third-order valence-corrected chi connectivity index (χ3v) is 4.05. The first-order valence-corrected chi connectivity index (χ1v) is 6.08. The van der Waals surface area contributed by atoms with Crippen molar-refractivity contribution in [3.63, 3.8) is 0 Å². The third-order valence-electron chi connectivity index (χ3n) is 2.11. The first kappa shape index (κ1) is 10.7. The van der Waals surface area contributed by atoms with E-state index in [2.05, 4.69) is 12.1 Å². The smallest absolute Gasteiger partial charge is 0.162 e. The van der Waals surface area contributed by atoms with Crippen LogP contribution in [0.2, 0.25) is 0 Å². The number of nitrogens with zero attached hydrogens (tertiary/aromatic N) is 1. The summed E-state index contributed by atoms with van der Waals surface area (Å²) in [6.45, 7) is 0. The summed E-state index contributed by atoms with van der Waals surface area (Å²) in [6, 6.07) is 12.2. The predicted molar refractivity (Wildman–Crippen MR) is 70.4 cm³/mol. The number of hydrogen-bond donors (Lipinski definition) is 0. The summed E-state index contributed by atoms with van der Waals surface area (Å²) < 4.78 is 3.43. The van der Waals surface area contributed by atoms with Crippen LogP contribution in [0.5, 0.6) is 0 Å². The molecule has 76 valence electrons. The van der Waals surface area contributed by atoms with Crippen LogP contribution in [-0.4, -0.2) is 4.57 Å². The van der Waals surface area contributed by atoms with Crippen LogP contribution in [0.1, 0.15) is 0 Å². The molecule has 0 saturated heterocycles. The number of benzene rings is 1. The molecule has 2 rings (SSSR count). The fourth-order valence-corrected chi connectivity index (χ4v) is 2.85. The molecule has 1 aromatic heterocycles. The van der Waals surface area contributed by atoms with Gasteiger partial charge in [0.1, 0.15) is 4.64 Å². The van der Waals surface area contributed by atoms with Gasteiger partial charge in [-0.25, -0.2) is 0 Å². The van der Waals surface area contributed by atoms with E-state index in [1.807, 2.05) is 35.9 Å². The summed E-state index contributed by atoms with van der Waals surface area (Å²) in [6.07, 6.45) is 0. The average Bonchev–Trinajstić information content (AvgIpc) is 2.26. The minimum Gasteiger partial charge on any atom is -0.318 e. The molecule has 1 nitrogen and oxygen atoms in total. The molecule has 0 fully saturated rings. The predicted octanol–water partition coefficient (Wildman–Crippen LogP) is 4.21. The number of rotatable bonds is 1. The molecule has 2 aromatic rings. The topological polar surface area (TPSA) is 4.93 Å². The molecule has 0 N–H and O–H groups in total. The zero-order chi connectivity index (χ0) is 10.8. The van der Waals surface area contributed by atoms with E-state index in [0.717, 1.165) is 13.5 Å². The molecule has 0 saturated carbocycles. The second-order valence-electron chi connectivity index (χ2n) is 3.14. The van der Waals surface area contributed by atoms with Gasteiger partial charge >= 0.3 is 0 Å². The van der Waals surface area contributed by atoms with Crippen molar-refractivity contribution >= 4 is 35.8 Å². The molecule has 0 bridgehead atoms. The van der Waals surface area contributed by atoms with E-state index in [4.69, 9.17) is 24.4 Å². The van der Waals surface area contributed by atoms with Crippen molar-refractivity contribution in [2.75, 3.05) is 0 Å². The Labute approximate surface area is 103 Å². The highest BCUT2D eigenvalue weighted by molar-refractivity contribution is 7.73. The van der Waals surface area contributed by atoms with Gasteiger partial charge in [0.05, 0.1) is 0 Å². The van der Waals surface area contributed by atoms with E-state index in [0.29, 0.717) is 0 Å². The largest absolute Gasteiger partial charge is 0.318 e. The van der Waals surface area contributed by atoms with Crippen molar-refractivity contribution in [2.45, 2.75) is 0 Å². The minimum absolute atomic E-state index is 0.776. The number of hydrogen-bond acceptors (Lipinski definition) is 3. The van der Waals surface area contributed by atoms with Gasteiger partial charge in [-0.05, 0) is 23.8 Å². The van der Waals surface area contributed by atoms with Gasteiger partial charge in [-0.15, -0.1) is 11.3 Å². The van der Waals surface area contributed by atoms with Crippen LogP contribution in [0.4, 0.5) is 0 Å². The fourth-order valence-electron chi connectivity index (χ4n) is 1.24. The molecule has 0 aliphatic heterocycles. The first-order chi connectivity index (χ1) is 7.18. The highest BCUT2D eigenvalue weighted by Crippen LogP contribution is 2.24. The highest BCUT2D eigenvalue weighted by atomic mass is 32.1. The van der Waals surface area contributed by atoms with Crippen molar-refractivity contribution in [2.24, 2.45) is 7.05 Å². The van der Waals surface area contributed by atoms with E-state index in [9.17, 15) is 0 Å². The summed E-state index contributed by atoms with van der Waals surface area (Å²) in [5, 5.41) is 0. The van der Waals surface area contributed by atoms with Crippen LogP contribution in [0, 0.1) is 8.59 Å². The van der Waals surface area contributed by atoms with Crippen LogP contribution in [0.25, 0.3) is 10.4 Å². The van der Waals surface area contributed by atoms with Crippen molar-refractivity contribution in [1.82, 2.24) is 4.57 Å². The molecule has 0 unspecified atom stereocenters. The quantitative estimate of drug-likeness (QED) is 0.699. The van der Waals surface area contributed by atoms with Gasteiger partial charge in [0.25, 0.3) is 0 Å². The van der Waals surface area contributed by atoms with Gasteiger partial charge in [0, 0.05) is 11.9 Å². The second kappa shape index (κ2) is 4.35. The van der Waals surface area contributed by atoms with Gasteiger partial charge in [-0.2, -0.15) is 0 Å². The Balaban J connectivity index is 2.67. The van der Waals surface area contributed by atoms with Gasteiger partial charge in [-0.3, -0.25) is 0 Å². The Kier molecular flexibility index (Phi) is 3.09.